The second-order valence-electron chi connectivity index (χ2n) is 9.05. The van der Waals surface area contributed by atoms with Gasteiger partial charge in [0.15, 0.2) is 6.29 Å². The molecule has 8 nitrogen and oxygen atoms in total. The molecular weight excluding hydrogens is 382 g/mol. The van der Waals surface area contributed by atoms with E-state index in [0.717, 1.165) is 30.9 Å². The van der Waals surface area contributed by atoms with Gasteiger partial charge in [-0.3, -0.25) is 4.99 Å². The van der Waals surface area contributed by atoms with Crippen molar-refractivity contribution in [3.05, 3.63) is 23.8 Å². The number of anilines is 2. The third kappa shape index (κ3) is 5.50. The predicted octanol–water partition coefficient (Wildman–Crippen LogP) is 1.97. The minimum absolute atomic E-state index is 0.0481. The van der Waals surface area contributed by atoms with Gasteiger partial charge in [-0.15, -0.1) is 0 Å². The van der Waals surface area contributed by atoms with Crippen molar-refractivity contribution < 1.29 is 14.2 Å². The second-order valence-corrected chi connectivity index (χ2v) is 9.05. The fourth-order valence-electron chi connectivity index (χ4n) is 3.66. The number of benzene rings is 1. The molecule has 1 aromatic rings. The van der Waals surface area contributed by atoms with Crippen molar-refractivity contribution in [1.82, 2.24) is 0 Å². The highest BCUT2D eigenvalue weighted by atomic mass is 16.7. The molecule has 2 aliphatic rings. The Bertz CT molecular complexity index is 762. The molecular formula is C22H35N5O3. The summed E-state index contributed by atoms with van der Waals surface area (Å²) in [7, 11) is 5.79. The van der Waals surface area contributed by atoms with Crippen molar-refractivity contribution in [3.63, 3.8) is 0 Å². The third-order valence-electron chi connectivity index (χ3n) is 5.39. The Morgan fingerprint density at radius 1 is 1.30 bits per heavy atom. The average Bonchev–Trinajstić information content (AvgIpc) is 2.68. The van der Waals surface area contributed by atoms with E-state index in [4.69, 9.17) is 20.1 Å². The summed E-state index contributed by atoms with van der Waals surface area (Å²) in [6.07, 6.45) is 1.38. The van der Waals surface area contributed by atoms with Gasteiger partial charge in [0.05, 0.1) is 26.4 Å². The molecule has 2 fully saturated rings. The molecule has 2 N–H and O–H groups in total. The highest BCUT2D eigenvalue weighted by Gasteiger charge is 2.28. The van der Waals surface area contributed by atoms with E-state index in [0.29, 0.717) is 31.4 Å². The number of ether oxygens (including phenoxy) is 3. The maximum absolute atomic E-state index is 5.73. The van der Waals surface area contributed by atoms with Gasteiger partial charge >= 0.3 is 0 Å². The van der Waals surface area contributed by atoms with Gasteiger partial charge in [0, 0.05) is 68.8 Å². The summed E-state index contributed by atoms with van der Waals surface area (Å²) >= 11 is 0. The number of hydrogen-bond acceptors (Lipinski definition) is 8. The lowest BCUT2D eigenvalue weighted by Crippen LogP contribution is -2.48. The number of nitrogens with zero attached hydrogens (tertiary/aromatic N) is 4. The average molecular weight is 418 g/mol. The molecule has 0 radical (unpaired) electrons. The first-order valence-electron chi connectivity index (χ1n) is 10.4. The fourth-order valence-corrected chi connectivity index (χ4v) is 3.66. The highest BCUT2D eigenvalue weighted by Crippen LogP contribution is 2.30. The zero-order valence-electron chi connectivity index (χ0n) is 18.8. The Morgan fingerprint density at radius 3 is 2.60 bits per heavy atom. The number of hydrazone groups is 1. The van der Waals surface area contributed by atoms with Gasteiger partial charge in [0.1, 0.15) is 5.71 Å². The van der Waals surface area contributed by atoms with Crippen LogP contribution < -0.4 is 15.6 Å². The Morgan fingerprint density at radius 2 is 2.00 bits per heavy atom. The molecule has 30 heavy (non-hydrogen) atoms. The molecule has 1 aromatic carbocycles. The maximum Gasteiger partial charge on any atom is 0.176 e. The normalized spacial score (nSPS) is 20.6. The van der Waals surface area contributed by atoms with Gasteiger partial charge in [-0.25, -0.2) is 0 Å². The highest BCUT2D eigenvalue weighted by molar-refractivity contribution is 6.39. The molecule has 0 aromatic heterocycles. The van der Waals surface area contributed by atoms with Crippen molar-refractivity contribution in [2.24, 2.45) is 27.3 Å². The van der Waals surface area contributed by atoms with Crippen molar-refractivity contribution >= 4 is 23.3 Å². The lowest BCUT2D eigenvalue weighted by molar-refractivity contribution is -0.215. The first-order valence-corrected chi connectivity index (χ1v) is 10.4. The smallest absolute Gasteiger partial charge is 0.176 e. The van der Waals surface area contributed by atoms with E-state index in [9.17, 15) is 0 Å². The van der Waals surface area contributed by atoms with Crippen LogP contribution in [0.2, 0.25) is 0 Å². The Balaban J connectivity index is 1.66. The first kappa shape index (κ1) is 22.5. The van der Waals surface area contributed by atoms with Gasteiger partial charge in [-0.1, -0.05) is 13.8 Å². The number of nitrogens with two attached hydrogens (primary N) is 1. The standard InChI is InChI=1S/C22H35N5O3/c1-22(2)14-29-21(30-15-22)10-24-9-19(25-23)18-7-6-17(8-20(18)26(3)4)27-11-16(12-27)13-28-5/h6-9,16,21H,10-15,23H2,1-5H3/b24-9?,25-19+. The van der Waals surface area contributed by atoms with E-state index >= 15 is 0 Å². The molecule has 0 saturated carbocycles. The van der Waals surface area contributed by atoms with Crippen molar-refractivity contribution in [2.75, 3.05) is 70.5 Å². The predicted molar refractivity (Wildman–Crippen MR) is 122 cm³/mol. The lowest BCUT2D eigenvalue weighted by atomic mass is 9.96. The zero-order chi connectivity index (χ0) is 21.7. The van der Waals surface area contributed by atoms with Crippen molar-refractivity contribution in [2.45, 2.75) is 20.1 Å². The summed E-state index contributed by atoms with van der Waals surface area (Å²) in [6.45, 7) is 8.82. The summed E-state index contributed by atoms with van der Waals surface area (Å²) in [5.74, 6) is 6.30. The van der Waals surface area contributed by atoms with Gasteiger partial charge in [-0.2, -0.15) is 5.10 Å². The topological polar surface area (TPSA) is 84.9 Å². The molecule has 0 aliphatic carbocycles. The van der Waals surface area contributed by atoms with Gasteiger partial charge in [0.25, 0.3) is 0 Å². The second kappa shape index (κ2) is 9.76. The van der Waals surface area contributed by atoms with Crippen LogP contribution in [-0.4, -0.2) is 78.9 Å². The number of methoxy groups -OCH3 is 1. The third-order valence-corrected chi connectivity index (χ3v) is 5.39. The number of aliphatic imine (C=N–C) groups is 1. The van der Waals surface area contributed by atoms with Crippen LogP contribution in [-0.2, 0) is 14.2 Å². The van der Waals surface area contributed by atoms with E-state index < -0.39 is 0 Å². The Kier molecular flexibility index (Phi) is 7.33. The maximum atomic E-state index is 5.73. The summed E-state index contributed by atoms with van der Waals surface area (Å²) in [6, 6.07) is 6.34. The van der Waals surface area contributed by atoms with Crippen LogP contribution >= 0.6 is 0 Å². The van der Waals surface area contributed by atoms with Crippen LogP contribution in [0.1, 0.15) is 19.4 Å². The van der Waals surface area contributed by atoms with Crippen LogP contribution in [0.3, 0.4) is 0 Å². The van der Waals surface area contributed by atoms with Gasteiger partial charge in [-0.05, 0) is 18.2 Å². The largest absolute Gasteiger partial charge is 0.384 e. The molecule has 0 atom stereocenters. The van der Waals surface area contributed by atoms with Crippen molar-refractivity contribution in [1.29, 1.82) is 0 Å². The van der Waals surface area contributed by atoms with Crippen LogP contribution in [0, 0.1) is 11.3 Å². The summed E-state index contributed by atoms with van der Waals surface area (Å²) in [5, 5.41) is 3.98. The number of rotatable bonds is 8. The van der Waals surface area contributed by atoms with Crippen LogP contribution in [0.5, 0.6) is 0 Å². The van der Waals surface area contributed by atoms with Crippen molar-refractivity contribution in [3.8, 4) is 0 Å². The molecule has 0 unspecified atom stereocenters. The summed E-state index contributed by atoms with van der Waals surface area (Å²) in [4.78, 5) is 8.90. The van der Waals surface area contributed by atoms with Crippen LogP contribution in [0.25, 0.3) is 0 Å². The minimum atomic E-state index is -0.324. The van der Waals surface area contributed by atoms with E-state index in [1.165, 1.54) is 5.69 Å². The van der Waals surface area contributed by atoms with E-state index in [-0.39, 0.29) is 11.7 Å². The SMILES string of the molecule is COCC1CN(c2ccc(/C(C=NCC3OCC(C)(C)CO3)=N/N)c(N(C)C)c2)C1. The molecule has 166 valence electrons. The van der Waals surface area contributed by atoms with Crippen LogP contribution in [0.15, 0.2) is 28.3 Å². The molecule has 0 amide bonds. The monoisotopic (exact) mass is 417 g/mol. The summed E-state index contributed by atoms with van der Waals surface area (Å²) in [5.41, 5.74) is 3.85. The van der Waals surface area contributed by atoms with E-state index in [1.807, 2.05) is 14.1 Å². The molecule has 2 saturated heterocycles. The molecule has 8 heteroatoms. The molecule has 3 rings (SSSR count). The molecule has 2 aliphatic heterocycles. The molecule has 2 heterocycles. The lowest BCUT2D eigenvalue weighted by Gasteiger charge is -2.41. The van der Waals surface area contributed by atoms with E-state index in [1.54, 1.807) is 13.3 Å². The Labute approximate surface area is 179 Å². The minimum Gasteiger partial charge on any atom is -0.384 e. The molecule has 0 spiro atoms. The fraction of sp³-hybridized carbons (Fsp3) is 0.636. The Hall–Kier alpha value is -2.16. The van der Waals surface area contributed by atoms with E-state index in [2.05, 4.69) is 51.9 Å². The zero-order valence-corrected chi connectivity index (χ0v) is 18.8. The van der Waals surface area contributed by atoms with Crippen LogP contribution in [0.4, 0.5) is 11.4 Å². The number of hydrogen-bond donors (Lipinski definition) is 1. The molecule has 0 bridgehead atoms. The quantitative estimate of drug-likeness (QED) is 0.395. The van der Waals surface area contributed by atoms with Gasteiger partial charge in [0.2, 0.25) is 0 Å². The summed E-state index contributed by atoms with van der Waals surface area (Å²) < 4.78 is 16.7. The first-order chi connectivity index (χ1) is 14.3. The van der Waals surface area contributed by atoms with Gasteiger partial charge < -0.3 is 29.9 Å².